The first kappa shape index (κ1) is 38.4. The molecule has 0 bridgehead atoms. The normalized spacial score (nSPS) is 21.8. The predicted molar refractivity (Wildman–Crippen MR) is 191 cm³/mol. The third-order valence-corrected chi connectivity index (χ3v) is 11.2. The minimum atomic E-state index is -4.84. The van der Waals surface area contributed by atoms with E-state index in [2.05, 4.69) is 10.2 Å². The maximum Gasteiger partial charge on any atom is 0.418 e. The van der Waals surface area contributed by atoms with Crippen LogP contribution >= 0.6 is 11.6 Å². The number of carboxylic acids is 1. The predicted octanol–water partition coefficient (Wildman–Crippen LogP) is 4.23. The Labute approximate surface area is 310 Å². The second kappa shape index (κ2) is 16.0. The molecular weight excluding hydrogens is 719 g/mol. The van der Waals surface area contributed by atoms with E-state index in [1.807, 2.05) is 36.2 Å². The number of rotatable bonds is 7. The van der Waals surface area contributed by atoms with E-state index in [1.165, 1.54) is 15.9 Å². The van der Waals surface area contributed by atoms with Crippen LogP contribution in [-0.2, 0) is 33.3 Å². The number of carbonyl (C=O) groups excluding carboxylic acids is 3. The zero-order chi connectivity index (χ0) is 38.0. The summed E-state index contributed by atoms with van der Waals surface area (Å²) in [5.74, 6) is -1.82. The van der Waals surface area contributed by atoms with Crippen molar-refractivity contribution in [2.75, 3.05) is 70.5 Å². The number of ether oxygens (including phenoxy) is 1. The lowest BCUT2D eigenvalue weighted by Gasteiger charge is -2.46. The zero-order valence-electron chi connectivity index (χ0n) is 29.5. The highest BCUT2D eigenvalue weighted by atomic mass is 35.5. The van der Waals surface area contributed by atoms with E-state index in [-0.39, 0.29) is 61.4 Å². The second-order valence-corrected chi connectivity index (χ2v) is 14.7. The van der Waals surface area contributed by atoms with Crippen molar-refractivity contribution >= 4 is 47.0 Å². The lowest BCUT2D eigenvalue weighted by molar-refractivity contribution is -0.154. The molecule has 17 heteroatoms. The van der Waals surface area contributed by atoms with Gasteiger partial charge in [0.25, 0.3) is 5.91 Å². The fraction of sp³-hybridized carbons (Fsp3) is 0.556. The molecule has 53 heavy (non-hydrogen) atoms. The van der Waals surface area contributed by atoms with Crippen molar-refractivity contribution < 1.29 is 42.2 Å². The largest absolute Gasteiger partial charge is 0.480 e. The smallest absolute Gasteiger partial charge is 0.418 e. The Bertz CT molecular complexity index is 1700. The number of nitrogens with zero attached hydrogens (tertiary/aromatic N) is 5. The molecule has 0 spiro atoms. The molecule has 4 aliphatic rings. The highest BCUT2D eigenvalue weighted by Crippen LogP contribution is 2.38. The average molecular weight is 764 g/mol. The van der Waals surface area contributed by atoms with Gasteiger partial charge in [-0.15, -0.1) is 0 Å². The summed E-state index contributed by atoms with van der Waals surface area (Å²) in [4.78, 5) is 61.9. The van der Waals surface area contributed by atoms with Crippen LogP contribution in [0.2, 0.25) is 5.02 Å². The molecule has 2 aromatic rings. The van der Waals surface area contributed by atoms with Gasteiger partial charge < -0.3 is 40.5 Å². The average Bonchev–Trinajstić information content (AvgIpc) is 3.30. The Kier molecular flexibility index (Phi) is 11.6. The molecule has 0 aliphatic carbocycles. The number of hydrogen-bond donors (Lipinski definition) is 3. The SMILES string of the molecule is CN1CCC(N2CCN(C(=O)[C@@H](Cc3cc(Cl)c(N)c(C(F)(F)F)c3)OC(=O)N3CCC(N4CCc5ccccc5NC4=O)CC3)C[C@H]2C(=O)O)CC1. The number of alkyl halides is 3. The number of halogens is 4. The number of nitrogens with two attached hydrogens (primary N) is 1. The van der Waals surface area contributed by atoms with Crippen LogP contribution in [0.1, 0.15) is 42.4 Å². The molecule has 0 aromatic heterocycles. The molecule has 4 aliphatic heterocycles. The van der Waals surface area contributed by atoms with Crippen molar-refractivity contribution in [3.8, 4) is 0 Å². The van der Waals surface area contributed by atoms with Crippen LogP contribution in [0.15, 0.2) is 36.4 Å². The van der Waals surface area contributed by atoms with E-state index in [9.17, 15) is 37.5 Å². The van der Waals surface area contributed by atoms with Crippen molar-refractivity contribution in [2.45, 2.75) is 68.9 Å². The van der Waals surface area contributed by atoms with E-state index in [1.54, 1.807) is 4.90 Å². The van der Waals surface area contributed by atoms with Crippen molar-refractivity contribution in [1.29, 1.82) is 0 Å². The molecule has 2 aromatic carbocycles. The third-order valence-electron chi connectivity index (χ3n) is 10.9. The minimum absolute atomic E-state index is 0.0227. The van der Waals surface area contributed by atoms with E-state index in [0.717, 1.165) is 43.2 Å². The van der Waals surface area contributed by atoms with Gasteiger partial charge in [0.2, 0.25) is 0 Å². The summed E-state index contributed by atoms with van der Waals surface area (Å²) in [6.45, 7) is 2.79. The van der Waals surface area contributed by atoms with Crippen LogP contribution in [0.3, 0.4) is 0 Å². The number of para-hydroxylation sites is 1. The van der Waals surface area contributed by atoms with Crippen LogP contribution in [0.5, 0.6) is 0 Å². The molecule has 13 nitrogen and oxygen atoms in total. The Balaban J connectivity index is 1.16. The summed E-state index contributed by atoms with van der Waals surface area (Å²) in [5, 5.41) is 12.8. The Morgan fingerprint density at radius 1 is 0.981 bits per heavy atom. The Hall–Kier alpha value is -4.28. The van der Waals surface area contributed by atoms with Gasteiger partial charge in [-0.25, -0.2) is 9.59 Å². The number of urea groups is 1. The number of likely N-dealkylation sites (tertiary alicyclic amines) is 2. The topological polar surface area (TPSA) is 152 Å². The molecule has 4 heterocycles. The fourth-order valence-electron chi connectivity index (χ4n) is 7.90. The number of hydrogen-bond acceptors (Lipinski definition) is 8. The Morgan fingerprint density at radius 3 is 2.34 bits per heavy atom. The molecule has 0 radical (unpaired) electrons. The standard InChI is InChI=1S/C36H45ClF3N7O6/c1-43-11-7-24(8-12-43)46-17-16-45(21-29(46)33(49)50)32(48)30(20-22-18-26(36(38,39)40)31(41)27(37)19-22)53-35(52)44-13-9-25(10-14-44)47-15-6-23-4-2-3-5-28(23)42-34(47)51/h2-5,18-19,24-25,29-30H,6-17,20-21,41H2,1H3,(H,42,51)(H,49,50)/t29-,30+/m0/s1. The molecule has 288 valence electrons. The van der Waals surface area contributed by atoms with Gasteiger partial charge in [0.15, 0.2) is 6.10 Å². The summed E-state index contributed by atoms with van der Waals surface area (Å²) >= 11 is 6.10. The highest BCUT2D eigenvalue weighted by Gasteiger charge is 2.42. The molecule has 0 saturated carbocycles. The molecule has 4 N–H and O–H groups in total. The molecule has 3 saturated heterocycles. The van der Waals surface area contributed by atoms with Crippen LogP contribution in [0.4, 0.5) is 34.1 Å². The number of piperidine rings is 2. The highest BCUT2D eigenvalue weighted by molar-refractivity contribution is 6.33. The molecule has 3 fully saturated rings. The summed E-state index contributed by atoms with van der Waals surface area (Å²) in [6, 6.07) is 8.21. The summed E-state index contributed by atoms with van der Waals surface area (Å²) in [7, 11) is 2.00. The van der Waals surface area contributed by atoms with Crippen molar-refractivity contribution in [3.05, 3.63) is 58.1 Å². The number of anilines is 2. The lowest BCUT2D eigenvalue weighted by atomic mass is 9.98. The molecule has 6 rings (SSSR count). The van der Waals surface area contributed by atoms with Gasteiger partial charge in [-0.3, -0.25) is 14.5 Å². The van der Waals surface area contributed by atoms with Gasteiger partial charge in [0, 0.05) is 63.5 Å². The number of nitrogens with one attached hydrogen (secondary N) is 1. The summed E-state index contributed by atoms with van der Waals surface area (Å²) in [5.41, 5.74) is 5.56. The maximum absolute atomic E-state index is 14.2. The van der Waals surface area contributed by atoms with Gasteiger partial charge in [-0.05, 0) is 81.6 Å². The van der Waals surface area contributed by atoms with Crippen molar-refractivity contribution in [1.82, 2.24) is 24.5 Å². The molecule has 2 atom stereocenters. The number of carbonyl (C=O) groups is 4. The van der Waals surface area contributed by atoms with Crippen LogP contribution in [0, 0.1) is 0 Å². The fourth-order valence-corrected chi connectivity index (χ4v) is 8.14. The van der Waals surface area contributed by atoms with Crippen molar-refractivity contribution in [3.63, 3.8) is 0 Å². The number of aliphatic carboxylic acids is 1. The van der Waals surface area contributed by atoms with E-state index in [0.29, 0.717) is 25.8 Å². The summed E-state index contributed by atoms with van der Waals surface area (Å²) < 4.78 is 47.4. The van der Waals surface area contributed by atoms with Gasteiger partial charge in [-0.2, -0.15) is 13.2 Å². The summed E-state index contributed by atoms with van der Waals surface area (Å²) in [6.07, 6.45) is -4.60. The number of carboxylic acid groups (broad SMARTS) is 1. The minimum Gasteiger partial charge on any atom is -0.480 e. The van der Waals surface area contributed by atoms with Gasteiger partial charge >= 0.3 is 24.3 Å². The van der Waals surface area contributed by atoms with E-state index >= 15 is 0 Å². The molecule has 4 amide bonds. The lowest BCUT2D eigenvalue weighted by Crippen LogP contribution is -2.63. The van der Waals surface area contributed by atoms with Crippen LogP contribution in [-0.4, -0.2) is 137 Å². The first-order valence-electron chi connectivity index (χ1n) is 17.9. The number of fused-ring (bicyclic) bond motifs is 1. The van der Waals surface area contributed by atoms with Gasteiger partial charge in [0.05, 0.1) is 16.3 Å². The maximum atomic E-state index is 14.2. The molecular formula is C36H45ClF3N7O6. The number of nitrogen functional groups attached to an aromatic ring is 1. The monoisotopic (exact) mass is 763 g/mol. The second-order valence-electron chi connectivity index (χ2n) is 14.3. The van der Waals surface area contributed by atoms with Gasteiger partial charge in [0.1, 0.15) is 6.04 Å². The van der Waals surface area contributed by atoms with Crippen LogP contribution < -0.4 is 11.1 Å². The van der Waals surface area contributed by atoms with Crippen molar-refractivity contribution in [2.24, 2.45) is 0 Å². The van der Waals surface area contributed by atoms with Gasteiger partial charge in [-0.1, -0.05) is 29.8 Å². The number of benzene rings is 2. The third kappa shape index (κ3) is 8.76. The van der Waals surface area contributed by atoms with Crippen LogP contribution in [0.25, 0.3) is 0 Å². The molecule has 0 unspecified atom stereocenters. The Morgan fingerprint density at radius 2 is 1.66 bits per heavy atom. The first-order chi connectivity index (χ1) is 25.2. The zero-order valence-corrected chi connectivity index (χ0v) is 30.2. The number of amides is 4. The number of piperazine rings is 1. The van der Waals surface area contributed by atoms with E-state index in [4.69, 9.17) is 22.1 Å². The quantitative estimate of drug-likeness (QED) is 0.352. The first-order valence-corrected chi connectivity index (χ1v) is 18.3. The van der Waals surface area contributed by atoms with E-state index < -0.39 is 54.0 Å².